The van der Waals surface area contributed by atoms with Crippen molar-refractivity contribution in [2.24, 2.45) is 0 Å². The minimum atomic E-state index is -0.231. The molecule has 1 fully saturated rings. The fourth-order valence-electron chi connectivity index (χ4n) is 2.93. The maximum absolute atomic E-state index is 13.1. The van der Waals surface area contributed by atoms with E-state index in [9.17, 15) is 4.39 Å². The highest BCUT2D eigenvalue weighted by Crippen LogP contribution is 2.28. The van der Waals surface area contributed by atoms with E-state index in [0.717, 1.165) is 43.7 Å². The molecule has 0 amide bonds. The van der Waals surface area contributed by atoms with Crippen LogP contribution in [0.15, 0.2) is 28.8 Å². The molecule has 2 atom stereocenters. The monoisotopic (exact) mass is 333 g/mol. The topological polar surface area (TPSA) is 51.4 Å². The molecule has 2 unspecified atom stereocenters. The van der Waals surface area contributed by atoms with Gasteiger partial charge in [0.1, 0.15) is 5.82 Å². The number of aromatic nitrogens is 2. The molecule has 0 saturated carbocycles. The molecule has 1 aromatic carbocycles. The molecule has 1 aliphatic heterocycles. The Labute approximate surface area is 141 Å². The molecule has 0 bridgehead atoms. The minimum absolute atomic E-state index is 0.0414. The summed E-state index contributed by atoms with van der Waals surface area (Å²) < 4.78 is 24.4. The molecule has 0 radical (unpaired) electrons. The fourth-order valence-corrected chi connectivity index (χ4v) is 2.93. The highest BCUT2D eigenvalue weighted by Gasteiger charge is 2.28. The van der Waals surface area contributed by atoms with E-state index < -0.39 is 0 Å². The van der Waals surface area contributed by atoms with Crippen molar-refractivity contribution in [3.63, 3.8) is 0 Å². The van der Waals surface area contributed by atoms with Gasteiger partial charge in [-0.1, -0.05) is 30.6 Å². The Morgan fingerprint density at radius 1 is 1.33 bits per heavy atom. The summed E-state index contributed by atoms with van der Waals surface area (Å²) in [7, 11) is 0. The van der Waals surface area contributed by atoms with Gasteiger partial charge in [0, 0.05) is 19.5 Å². The number of hydrogen-bond donors (Lipinski definition) is 0. The molecule has 2 aromatic rings. The van der Waals surface area contributed by atoms with Crippen molar-refractivity contribution in [1.29, 1.82) is 0 Å². The van der Waals surface area contributed by atoms with Gasteiger partial charge in [-0.2, -0.15) is 4.98 Å². The van der Waals surface area contributed by atoms with Crippen LogP contribution in [0.3, 0.4) is 0 Å². The van der Waals surface area contributed by atoms with Gasteiger partial charge < -0.3 is 9.26 Å². The van der Waals surface area contributed by atoms with Gasteiger partial charge >= 0.3 is 0 Å². The van der Waals surface area contributed by atoms with E-state index >= 15 is 0 Å². The maximum Gasteiger partial charge on any atom is 0.243 e. The Morgan fingerprint density at radius 2 is 2.12 bits per heavy atom. The standard InChI is InChI=1S/C18H24FN3O2/c1-3-4-5-17-20-18(24-21-17)13(2)22-10-11-23-16(12-22)14-6-8-15(19)9-7-14/h6-9,13,16H,3-5,10-12H2,1-2H3. The Morgan fingerprint density at radius 3 is 2.88 bits per heavy atom. The average Bonchev–Trinajstić information content (AvgIpc) is 3.09. The SMILES string of the molecule is CCCCc1noc(C(C)N2CCOC(c3ccc(F)cc3)C2)n1. The molecule has 24 heavy (non-hydrogen) atoms. The van der Waals surface area contributed by atoms with Gasteiger partial charge in [-0.15, -0.1) is 0 Å². The lowest BCUT2D eigenvalue weighted by atomic mass is 10.1. The van der Waals surface area contributed by atoms with Gasteiger partial charge in [0.25, 0.3) is 0 Å². The van der Waals surface area contributed by atoms with E-state index in [0.29, 0.717) is 12.5 Å². The summed E-state index contributed by atoms with van der Waals surface area (Å²) in [4.78, 5) is 6.79. The van der Waals surface area contributed by atoms with Crippen LogP contribution in [0.4, 0.5) is 4.39 Å². The summed E-state index contributed by atoms with van der Waals surface area (Å²) in [6, 6.07) is 6.55. The normalized spacial score (nSPS) is 20.2. The fraction of sp³-hybridized carbons (Fsp3) is 0.556. The molecular weight excluding hydrogens is 309 g/mol. The zero-order valence-electron chi connectivity index (χ0n) is 14.2. The average molecular weight is 333 g/mol. The summed E-state index contributed by atoms with van der Waals surface area (Å²) >= 11 is 0. The Kier molecular flexibility index (Phi) is 5.58. The largest absolute Gasteiger partial charge is 0.371 e. The van der Waals surface area contributed by atoms with Crippen LogP contribution in [0, 0.1) is 5.82 Å². The molecule has 5 nitrogen and oxygen atoms in total. The quantitative estimate of drug-likeness (QED) is 0.807. The van der Waals surface area contributed by atoms with Gasteiger partial charge in [0.2, 0.25) is 5.89 Å². The summed E-state index contributed by atoms with van der Waals surface area (Å²) in [5.74, 6) is 1.20. The molecular formula is C18H24FN3O2. The van der Waals surface area contributed by atoms with Gasteiger partial charge in [0.05, 0.1) is 18.8 Å². The number of benzene rings is 1. The zero-order valence-corrected chi connectivity index (χ0v) is 14.2. The van der Waals surface area contributed by atoms with Crippen LogP contribution in [-0.4, -0.2) is 34.7 Å². The first kappa shape index (κ1) is 17.0. The van der Waals surface area contributed by atoms with E-state index in [1.54, 1.807) is 12.1 Å². The van der Waals surface area contributed by atoms with Crippen molar-refractivity contribution in [2.45, 2.75) is 45.3 Å². The van der Waals surface area contributed by atoms with E-state index in [4.69, 9.17) is 9.26 Å². The third-order valence-electron chi connectivity index (χ3n) is 4.48. The van der Waals surface area contributed by atoms with Crippen molar-refractivity contribution < 1.29 is 13.7 Å². The Balaban J connectivity index is 1.65. The number of rotatable bonds is 6. The van der Waals surface area contributed by atoms with Crippen LogP contribution in [0.1, 0.15) is 56.1 Å². The Hall–Kier alpha value is -1.79. The first-order valence-corrected chi connectivity index (χ1v) is 8.61. The van der Waals surface area contributed by atoms with Crippen LogP contribution in [0.25, 0.3) is 0 Å². The van der Waals surface area contributed by atoms with Crippen molar-refractivity contribution in [3.05, 3.63) is 47.4 Å². The van der Waals surface area contributed by atoms with Crippen LogP contribution >= 0.6 is 0 Å². The number of morpholine rings is 1. The van der Waals surface area contributed by atoms with Crippen molar-refractivity contribution in [2.75, 3.05) is 19.7 Å². The van der Waals surface area contributed by atoms with E-state index in [-0.39, 0.29) is 18.0 Å². The molecule has 1 aromatic heterocycles. The molecule has 0 N–H and O–H groups in total. The highest BCUT2D eigenvalue weighted by atomic mass is 19.1. The molecule has 0 aliphatic carbocycles. The van der Waals surface area contributed by atoms with E-state index in [2.05, 4.69) is 28.9 Å². The van der Waals surface area contributed by atoms with Crippen LogP contribution < -0.4 is 0 Å². The van der Waals surface area contributed by atoms with E-state index in [1.807, 2.05) is 0 Å². The van der Waals surface area contributed by atoms with Crippen molar-refractivity contribution >= 4 is 0 Å². The molecule has 6 heteroatoms. The summed E-state index contributed by atoms with van der Waals surface area (Å²) in [5, 5.41) is 4.07. The van der Waals surface area contributed by atoms with Gasteiger partial charge in [-0.3, -0.25) is 4.90 Å². The summed E-state index contributed by atoms with van der Waals surface area (Å²) in [6.07, 6.45) is 2.97. The molecule has 2 heterocycles. The number of nitrogens with zero attached hydrogens (tertiary/aromatic N) is 3. The predicted molar refractivity (Wildman–Crippen MR) is 88.0 cm³/mol. The van der Waals surface area contributed by atoms with Gasteiger partial charge in [0.15, 0.2) is 5.82 Å². The lowest BCUT2D eigenvalue weighted by molar-refractivity contribution is -0.0469. The number of ether oxygens (including phenoxy) is 1. The maximum atomic E-state index is 13.1. The van der Waals surface area contributed by atoms with Crippen LogP contribution in [0.5, 0.6) is 0 Å². The van der Waals surface area contributed by atoms with Crippen LogP contribution in [-0.2, 0) is 11.2 Å². The zero-order chi connectivity index (χ0) is 16.9. The third kappa shape index (κ3) is 3.99. The number of halogens is 1. The van der Waals surface area contributed by atoms with Crippen molar-refractivity contribution in [3.8, 4) is 0 Å². The predicted octanol–water partition coefficient (Wildman–Crippen LogP) is 3.69. The van der Waals surface area contributed by atoms with E-state index in [1.165, 1.54) is 12.1 Å². The molecule has 3 rings (SSSR count). The molecule has 1 aliphatic rings. The summed E-state index contributed by atoms with van der Waals surface area (Å²) in [6.45, 7) is 6.38. The molecule has 130 valence electrons. The smallest absolute Gasteiger partial charge is 0.243 e. The van der Waals surface area contributed by atoms with Gasteiger partial charge in [-0.05, 0) is 31.0 Å². The minimum Gasteiger partial charge on any atom is -0.371 e. The first-order chi connectivity index (χ1) is 11.7. The molecule has 1 saturated heterocycles. The second-order valence-electron chi connectivity index (χ2n) is 6.23. The third-order valence-corrected chi connectivity index (χ3v) is 4.48. The van der Waals surface area contributed by atoms with Gasteiger partial charge in [-0.25, -0.2) is 4.39 Å². The Bertz CT molecular complexity index is 644. The first-order valence-electron chi connectivity index (χ1n) is 8.61. The van der Waals surface area contributed by atoms with Crippen molar-refractivity contribution in [1.82, 2.24) is 15.0 Å². The highest BCUT2D eigenvalue weighted by molar-refractivity contribution is 5.19. The number of aryl methyl sites for hydroxylation is 1. The number of hydrogen-bond acceptors (Lipinski definition) is 5. The lowest BCUT2D eigenvalue weighted by Crippen LogP contribution is -2.40. The summed E-state index contributed by atoms with van der Waals surface area (Å²) in [5.41, 5.74) is 0.988. The molecule has 0 spiro atoms. The van der Waals surface area contributed by atoms with Crippen LogP contribution in [0.2, 0.25) is 0 Å². The number of unbranched alkanes of at least 4 members (excludes halogenated alkanes) is 1. The lowest BCUT2D eigenvalue weighted by Gasteiger charge is -2.35. The second-order valence-corrected chi connectivity index (χ2v) is 6.23. The second kappa shape index (κ2) is 7.85.